The molecule has 0 unspecified atom stereocenters. The van der Waals surface area contributed by atoms with E-state index in [1.165, 1.54) is 25.9 Å². The summed E-state index contributed by atoms with van der Waals surface area (Å²) in [7, 11) is 5.80. The number of piperidine rings is 2. The summed E-state index contributed by atoms with van der Waals surface area (Å²) < 4.78 is 5.37. The number of carbonyl (C=O) groups excluding carboxylic acids is 2. The molecule has 2 aliphatic rings. The highest BCUT2D eigenvalue weighted by molar-refractivity contribution is 5.89. The van der Waals surface area contributed by atoms with E-state index in [1.54, 1.807) is 25.9 Å². The van der Waals surface area contributed by atoms with Crippen LogP contribution in [0.15, 0.2) is 0 Å². The van der Waals surface area contributed by atoms with Gasteiger partial charge in [-0.15, -0.1) is 0 Å². The smallest absolute Gasteiger partial charge is 0.409 e. The van der Waals surface area contributed by atoms with E-state index in [4.69, 9.17) is 4.74 Å². The van der Waals surface area contributed by atoms with Gasteiger partial charge in [0, 0.05) is 13.1 Å². The molecule has 0 spiro atoms. The van der Waals surface area contributed by atoms with Crippen molar-refractivity contribution in [3.63, 3.8) is 0 Å². The molecule has 28 heavy (non-hydrogen) atoms. The lowest BCUT2D eigenvalue weighted by atomic mass is 9.78. The van der Waals surface area contributed by atoms with Crippen LogP contribution in [0.5, 0.6) is 0 Å². The number of amides is 2. The van der Waals surface area contributed by atoms with Gasteiger partial charge in [0.15, 0.2) is 5.66 Å². The van der Waals surface area contributed by atoms with Gasteiger partial charge in [-0.25, -0.2) is 4.79 Å². The van der Waals surface area contributed by atoms with Crippen LogP contribution in [-0.2, 0) is 9.53 Å². The van der Waals surface area contributed by atoms with E-state index in [1.807, 2.05) is 25.7 Å². The molecule has 0 aliphatic carbocycles. The van der Waals surface area contributed by atoms with Crippen molar-refractivity contribution in [3.8, 4) is 0 Å². The number of rotatable bonds is 4. The zero-order valence-corrected chi connectivity index (χ0v) is 18.9. The molecule has 0 saturated carbocycles. The van der Waals surface area contributed by atoms with Crippen molar-refractivity contribution in [1.29, 1.82) is 0 Å². The number of likely N-dealkylation sites (tertiary alicyclic amines) is 2. The Kier molecular flexibility index (Phi) is 7.37. The molecule has 7 nitrogen and oxygen atoms in total. The molecular weight excluding hydrogens is 356 g/mol. The molecule has 0 radical (unpaired) electrons. The fraction of sp³-hybridized carbons (Fsp3) is 0.905. The summed E-state index contributed by atoms with van der Waals surface area (Å²) in [5, 5.41) is 2.79. The summed E-state index contributed by atoms with van der Waals surface area (Å²) in [6.07, 6.45) is 4.07. The van der Waals surface area contributed by atoms with Gasteiger partial charge in [-0.2, -0.15) is 0 Å². The highest BCUT2D eigenvalue weighted by atomic mass is 16.6. The summed E-state index contributed by atoms with van der Waals surface area (Å²) in [4.78, 5) is 31.7. The number of likely N-dealkylation sites (N-methyl/N-ethyl adjacent to an activating group) is 1. The van der Waals surface area contributed by atoms with E-state index in [2.05, 4.69) is 17.3 Å². The van der Waals surface area contributed by atoms with E-state index >= 15 is 0 Å². The number of alkyl carbamates (subject to hydrolysis) is 1. The summed E-state index contributed by atoms with van der Waals surface area (Å²) in [6.45, 7) is 11.1. The first kappa shape index (κ1) is 22.9. The summed E-state index contributed by atoms with van der Waals surface area (Å²) in [5.74, 6) is 1.43. The van der Waals surface area contributed by atoms with Gasteiger partial charge in [-0.1, -0.05) is 0 Å². The van der Waals surface area contributed by atoms with Crippen molar-refractivity contribution in [3.05, 3.63) is 0 Å². The van der Waals surface area contributed by atoms with E-state index < -0.39 is 17.4 Å². The minimum atomic E-state index is -1.12. The summed E-state index contributed by atoms with van der Waals surface area (Å²) in [5.41, 5.74) is -1.73. The molecule has 0 aromatic carbocycles. The van der Waals surface area contributed by atoms with Crippen LogP contribution in [0.4, 0.5) is 4.79 Å². The van der Waals surface area contributed by atoms with E-state index in [9.17, 15) is 9.59 Å². The van der Waals surface area contributed by atoms with Crippen molar-refractivity contribution in [2.75, 3.05) is 47.3 Å². The van der Waals surface area contributed by atoms with Gasteiger partial charge in [-0.3, -0.25) is 15.0 Å². The second kappa shape index (κ2) is 8.99. The molecule has 2 amide bonds. The normalized spacial score (nSPS) is 22.8. The zero-order valence-electron chi connectivity index (χ0n) is 18.9. The lowest BCUT2D eigenvalue weighted by Crippen LogP contribution is -2.66. The van der Waals surface area contributed by atoms with Crippen LogP contribution in [0.3, 0.4) is 0 Å². The average molecular weight is 397 g/mol. The molecule has 1 N–H and O–H groups in total. The maximum Gasteiger partial charge on any atom is 0.409 e. The molecule has 0 bridgehead atoms. The number of hydrogen-bond donors (Lipinski definition) is 1. The van der Waals surface area contributed by atoms with Crippen molar-refractivity contribution in [1.82, 2.24) is 20.0 Å². The molecule has 2 heterocycles. The first-order valence-corrected chi connectivity index (χ1v) is 10.6. The molecular formula is C21H40N4O3. The topological polar surface area (TPSA) is 65.1 Å². The fourth-order valence-corrected chi connectivity index (χ4v) is 4.24. The number of ether oxygens (including phenoxy) is 1. The lowest BCUT2D eigenvalue weighted by Gasteiger charge is -2.43. The van der Waals surface area contributed by atoms with Gasteiger partial charge >= 0.3 is 6.09 Å². The van der Waals surface area contributed by atoms with Crippen LogP contribution in [0.1, 0.15) is 53.4 Å². The lowest BCUT2D eigenvalue weighted by molar-refractivity contribution is -0.146. The Morgan fingerprint density at radius 1 is 0.929 bits per heavy atom. The predicted octanol–water partition coefficient (Wildman–Crippen LogP) is 2.37. The summed E-state index contributed by atoms with van der Waals surface area (Å²) in [6, 6.07) is 0. The third-order valence-electron chi connectivity index (χ3n) is 6.31. The van der Waals surface area contributed by atoms with Crippen molar-refractivity contribution in [2.45, 2.75) is 64.6 Å². The van der Waals surface area contributed by atoms with Crippen molar-refractivity contribution in [2.24, 2.45) is 11.8 Å². The second-order valence-corrected chi connectivity index (χ2v) is 9.86. The molecule has 0 aromatic heterocycles. The van der Waals surface area contributed by atoms with Crippen LogP contribution < -0.4 is 5.32 Å². The van der Waals surface area contributed by atoms with E-state index in [0.717, 1.165) is 31.8 Å². The first-order chi connectivity index (χ1) is 12.9. The van der Waals surface area contributed by atoms with Gasteiger partial charge in [0.2, 0.25) is 0 Å². The summed E-state index contributed by atoms with van der Waals surface area (Å²) >= 11 is 0. The first-order valence-electron chi connectivity index (χ1n) is 10.6. The molecule has 1 atom stereocenters. The third kappa shape index (κ3) is 5.83. The largest absolute Gasteiger partial charge is 0.444 e. The van der Waals surface area contributed by atoms with Gasteiger partial charge in [0.05, 0.1) is 0 Å². The predicted molar refractivity (Wildman–Crippen MR) is 111 cm³/mol. The molecule has 2 aliphatic heterocycles. The molecule has 2 saturated heterocycles. The molecule has 2 fully saturated rings. The van der Waals surface area contributed by atoms with Crippen LogP contribution >= 0.6 is 0 Å². The number of nitrogens with one attached hydrogen (secondary N) is 1. The van der Waals surface area contributed by atoms with Gasteiger partial charge in [-0.05, 0) is 99.4 Å². The monoisotopic (exact) mass is 396 g/mol. The molecule has 2 rings (SSSR count). The Morgan fingerprint density at radius 3 is 1.82 bits per heavy atom. The maximum absolute atomic E-state index is 13.3. The minimum Gasteiger partial charge on any atom is -0.444 e. The van der Waals surface area contributed by atoms with Crippen molar-refractivity contribution < 1.29 is 14.3 Å². The van der Waals surface area contributed by atoms with Gasteiger partial charge < -0.3 is 14.5 Å². The molecule has 162 valence electrons. The van der Waals surface area contributed by atoms with Crippen LogP contribution in [-0.4, -0.2) is 85.3 Å². The van der Waals surface area contributed by atoms with Crippen LogP contribution in [0.25, 0.3) is 0 Å². The number of nitrogens with zero attached hydrogens (tertiary/aromatic N) is 3. The SMILES string of the molecule is CN1CCC(C2CCN(C(=O)[C@@](C)(NC(=O)OC(C)(C)C)N(C)C)CC2)CC1. The van der Waals surface area contributed by atoms with Crippen LogP contribution in [0.2, 0.25) is 0 Å². The Bertz CT molecular complexity index is 544. The highest BCUT2D eigenvalue weighted by Gasteiger charge is 2.43. The minimum absolute atomic E-state index is 0.0646. The average Bonchev–Trinajstić information content (AvgIpc) is 2.60. The van der Waals surface area contributed by atoms with Crippen LogP contribution in [0, 0.1) is 11.8 Å². The fourth-order valence-electron chi connectivity index (χ4n) is 4.24. The quantitative estimate of drug-likeness (QED) is 0.739. The maximum atomic E-state index is 13.3. The zero-order chi connectivity index (χ0) is 21.1. The molecule has 7 heteroatoms. The Balaban J connectivity index is 1.95. The van der Waals surface area contributed by atoms with Gasteiger partial charge in [0.1, 0.15) is 5.60 Å². The Morgan fingerprint density at radius 2 is 1.39 bits per heavy atom. The standard InChI is InChI=1S/C21H40N4O3/c1-20(2,3)28-19(27)22-21(4,23(5)6)18(26)25-14-10-17(11-15-25)16-8-12-24(7)13-9-16/h16-17H,8-15H2,1-7H3,(H,22,27)/t21-/m0/s1. The van der Waals surface area contributed by atoms with E-state index in [0.29, 0.717) is 5.92 Å². The Labute approximate surface area is 170 Å². The van der Waals surface area contributed by atoms with Crippen molar-refractivity contribution >= 4 is 12.0 Å². The number of hydrogen-bond acceptors (Lipinski definition) is 5. The van der Waals surface area contributed by atoms with Gasteiger partial charge in [0.25, 0.3) is 5.91 Å². The van der Waals surface area contributed by atoms with E-state index in [-0.39, 0.29) is 5.91 Å². The number of carbonyl (C=O) groups is 2. The highest BCUT2D eigenvalue weighted by Crippen LogP contribution is 2.32. The second-order valence-electron chi connectivity index (χ2n) is 9.86. The Hall–Kier alpha value is -1.34. The third-order valence-corrected chi connectivity index (χ3v) is 6.31. The molecule has 0 aromatic rings.